The van der Waals surface area contributed by atoms with Gasteiger partial charge in [0, 0.05) is 18.0 Å². The van der Waals surface area contributed by atoms with Gasteiger partial charge in [-0.1, -0.05) is 0 Å². The van der Waals surface area contributed by atoms with E-state index in [9.17, 15) is 0 Å². The normalized spacial score (nSPS) is 16.2. The van der Waals surface area contributed by atoms with Crippen LogP contribution in [0.25, 0.3) is 0 Å². The standard InChI is InChI=1S/C16H29N5S/c1-4-17-16(18-8-7-11-21-9-5-6-10-21)19-12-15-20-13(2)14(3)22-15/h4-12H2,1-3H3,(H2,17,18,19). The van der Waals surface area contributed by atoms with Crippen molar-refractivity contribution in [2.45, 2.75) is 46.6 Å². The molecule has 1 aromatic heterocycles. The molecule has 2 N–H and O–H groups in total. The highest BCUT2D eigenvalue weighted by Gasteiger charge is 2.10. The SMILES string of the molecule is CCNC(=NCc1nc(C)c(C)s1)NCCCN1CCCC1. The van der Waals surface area contributed by atoms with Gasteiger partial charge >= 0.3 is 0 Å². The summed E-state index contributed by atoms with van der Waals surface area (Å²) < 4.78 is 0. The molecule has 0 aromatic carbocycles. The molecule has 5 nitrogen and oxygen atoms in total. The minimum absolute atomic E-state index is 0.654. The third-order valence-electron chi connectivity index (χ3n) is 3.93. The second kappa shape index (κ2) is 9.10. The highest BCUT2D eigenvalue weighted by Crippen LogP contribution is 2.16. The summed E-state index contributed by atoms with van der Waals surface area (Å²) in [5.41, 5.74) is 1.12. The molecule has 1 aliphatic rings. The number of rotatable bonds is 7. The first-order valence-electron chi connectivity index (χ1n) is 8.36. The Hall–Kier alpha value is -1.14. The summed E-state index contributed by atoms with van der Waals surface area (Å²) in [6.45, 7) is 12.5. The molecule has 1 fully saturated rings. The lowest BCUT2D eigenvalue weighted by molar-refractivity contribution is 0.334. The van der Waals surface area contributed by atoms with Crippen molar-refractivity contribution < 1.29 is 0 Å². The van der Waals surface area contributed by atoms with Crippen molar-refractivity contribution in [3.05, 3.63) is 15.6 Å². The number of aromatic nitrogens is 1. The Kier molecular flexibility index (Phi) is 7.12. The van der Waals surface area contributed by atoms with Crippen LogP contribution in [0.3, 0.4) is 0 Å². The first kappa shape index (κ1) is 17.2. The maximum Gasteiger partial charge on any atom is 0.191 e. The minimum atomic E-state index is 0.654. The second-order valence-corrected chi connectivity index (χ2v) is 7.06. The van der Waals surface area contributed by atoms with Gasteiger partial charge in [-0.25, -0.2) is 9.98 Å². The van der Waals surface area contributed by atoms with E-state index in [1.807, 2.05) is 0 Å². The average molecular weight is 324 g/mol. The summed E-state index contributed by atoms with van der Waals surface area (Å²) in [7, 11) is 0. The molecular weight excluding hydrogens is 294 g/mol. The van der Waals surface area contributed by atoms with Gasteiger partial charge in [-0.3, -0.25) is 0 Å². The van der Waals surface area contributed by atoms with E-state index in [1.165, 1.54) is 43.8 Å². The second-order valence-electron chi connectivity index (χ2n) is 5.77. The number of hydrogen-bond donors (Lipinski definition) is 2. The molecule has 22 heavy (non-hydrogen) atoms. The van der Waals surface area contributed by atoms with E-state index >= 15 is 0 Å². The van der Waals surface area contributed by atoms with Crippen LogP contribution >= 0.6 is 11.3 Å². The Morgan fingerprint density at radius 3 is 2.68 bits per heavy atom. The monoisotopic (exact) mass is 323 g/mol. The summed E-state index contributed by atoms with van der Waals surface area (Å²) in [4.78, 5) is 13.0. The topological polar surface area (TPSA) is 52.6 Å². The van der Waals surface area contributed by atoms with Crippen molar-refractivity contribution in [1.29, 1.82) is 0 Å². The lowest BCUT2D eigenvalue weighted by Gasteiger charge is -2.15. The number of guanidine groups is 1. The van der Waals surface area contributed by atoms with Gasteiger partial charge in [0.2, 0.25) is 0 Å². The molecule has 2 heterocycles. The molecule has 0 aliphatic carbocycles. The van der Waals surface area contributed by atoms with Crippen LogP contribution in [0.2, 0.25) is 0 Å². The smallest absolute Gasteiger partial charge is 0.191 e. The summed E-state index contributed by atoms with van der Waals surface area (Å²) in [5, 5.41) is 7.82. The number of aliphatic imine (C=N–C) groups is 1. The van der Waals surface area contributed by atoms with Crippen molar-refractivity contribution >= 4 is 17.3 Å². The molecule has 2 rings (SSSR count). The van der Waals surface area contributed by atoms with Gasteiger partial charge in [-0.2, -0.15) is 0 Å². The number of nitrogens with one attached hydrogen (secondary N) is 2. The Bertz CT molecular complexity index is 457. The molecule has 6 heteroatoms. The van der Waals surface area contributed by atoms with Crippen molar-refractivity contribution in [3.8, 4) is 0 Å². The van der Waals surface area contributed by atoms with E-state index in [1.54, 1.807) is 11.3 Å². The van der Waals surface area contributed by atoms with Crippen LogP contribution in [0.1, 0.15) is 41.8 Å². The summed E-state index contributed by atoms with van der Waals surface area (Å²) in [6.07, 6.45) is 3.90. The highest BCUT2D eigenvalue weighted by atomic mass is 32.1. The zero-order valence-electron chi connectivity index (χ0n) is 14.1. The molecule has 0 atom stereocenters. The van der Waals surface area contributed by atoms with E-state index in [-0.39, 0.29) is 0 Å². The first-order valence-corrected chi connectivity index (χ1v) is 9.18. The van der Waals surface area contributed by atoms with E-state index in [4.69, 9.17) is 0 Å². The van der Waals surface area contributed by atoms with Gasteiger partial charge in [0.05, 0.1) is 12.2 Å². The third-order valence-corrected chi connectivity index (χ3v) is 4.99. The van der Waals surface area contributed by atoms with Crippen LogP contribution in [0.15, 0.2) is 4.99 Å². The summed E-state index contributed by atoms with van der Waals surface area (Å²) >= 11 is 1.74. The van der Waals surface area contributed by atoms with Crippen molar-refractivity contribution in [1.82, 2.24) is 20.5 Å². The molecule has 0 saturated carbocycles. The van der Waals surface area contributed by atoms with Crippen LogP contribution in [-0.4, -0.2) is 48.6 Å². The zero-order valence-corrected chi connectivity index (χ0v) is 14.9. The predicted octanol–water partition coefficient (Wildman–Crippen LogP) is 2.30. The lowest BCUT2D eigenvalue weighted by Crippen LogP contribution is -2.38. The van der Waals surface area contributed by atoms with E-state index in [2.05, 4.69) is 46.3 Å². The fraction of sp³-hybridized carbons (Fsp3) is 0.750. The van der Waals surface area contributed by atoms with E-state index < -0.39 is 0 Å². The van der Waals surface area contributed by atoms with Crippen molar-refractivity contribution in [3.63, 3.8) is 0 Å². The summed E-state index contributed by atoms with van der Waals surface area (Å²) in [5.74, 6) is 0.898. The Balaban J connectivity index is 1.74. The Morgan fingerprint density at radius 2 is 2.05 bits per heavy atom. The molecule has 124 valence electrons. The molecule has 0 bridgehead atoms. The maximum absolute atomic E-state index is 4.64. The van der Waals surface area contributed by atoms with Gasteiger partial charge in [-0.15, -0.1) is 11.3 Å². The minimum Gasteiger partial charge on any atom is -0.357 e. The molecular formula is C16H29N5S. The van der Waals surface area contributed by atoms with Gasteiger partial charge in [0.25, 0.3) is 0 Å². The zero-order chi connectivity index (χ0) is 15.8. The van der Waals surface area contributed by atoms with E-state index in [0.717, 1.165) is 29.8 Å². The highest BCUT2D eigenvalue weighted by molar-refractivity contribution is 7.11. The largest absolute Gasteiger partial charge is 0.357 e. The predicted molar refractivity (Wildman–Crippen MR) is 94.7 cm³/mol. The van der Waals surface area contributed by atoms with Gasteiger partial charge in [0.15, 0.2) is 5.96 Å². The van der Waals surface area contributed by atoms with Crippen molar-refractivity contribution in [2.24, 2.45) is 4.99 Å². The molecule has 0 spiro atoms. The number of nitrogens with zero attached hydrogens (tertiary/aromatic N) is 3. The van der Waals surface area contributed by atoms with Crippen molar-refractivity contribution in [2.75, 3.05) is 32.7 Å². The summed E-state index contributed by atoms with van der Waals surface area (Å²) in [6, 6.07) is 0. The number of hydrogen-bond acceptors (Lipinski definition) is 4. The fourth-order valence-corrected chi connectivity index (χ4v) is 3.47. The lowest BCUT2D eigenvalue weighted by atomic mass is 10.4. The number of aryl methyl sites for hydroxylation is 2. The van der Waals surface area contributed by atoms with Crippen LogP contribution in [0, 0.1) is 13.8 Å². The third kappa shape index (κ3) is 5.57. The molecule has 0 unspecified atom stereocenters. The van der Waals surface area contributed by atoms with E-state index in [0.29, 0.717) is 6.54 Å². The first-order chi connectivity index (χ1) is 10.7. The number of thiazole rings is 1. The maximum atomic E-state index is 4.64. The molecule has 1 aromatic rings. The van der Waals surface area contributed by atoms with Gasteiger partial charge in [0.1, 0.15) is 5.01 Å². The van der Waals surface area contributed by atoms with Gasteiger partial charge < -0.3 is 15.5 Å². The van der Waals surface area contributed by atoms with Crippen LogP contribution in [0.4, 0.5) is 0 Å². The average Bonchev–Trinajstić information content (AvgIpc) is 3.11. The Labute approximate surface area is 138 Å². The Morgan fingerprint density at radius 1 is 1.27 bits per heavy atom. The van der Waals surface area contributed by atoms with Crippen LogP contribution in [-0.2, 0) is 6.54 Å². The van der Waals surface area contributed by atoms with Gasteiger partial charge in [-0.05, 0) is 59.7 Å². The number of likely N-dealkylation sites (tertiary alicyclic amines) is 1. The molecule has 1 aliphatic heterocycles. The quantitative estimate of drug-likeness (QED) is 0.459. The van der Waals surface area contributed by atoms with Crippen LogP contribution in [0.5, 0.6) is 0 Å². The molecule has 0 radical (unpaired) electrons. The molecule has 0 amide bonds. The molecule has 1 saturated heterocycles. The fourth-order valence-electron chi connectivity index (χ4n) is 2.61. The van der Waals surface area contributed by atoms with Crippen LogP contribution < -0.4 is 10.6 Å².